The quantitative estimate of drug-likeness (QED) is 0.0747. The molecule has 2 atom stereocenters. The molecule has 0 heterocycles. The Morgan fingerprint density at radius 2 is 1.43 bits per heavy atom. The largest absolute Gasteiger partial charge is 0.756 e. The van der Waals surface area contributed by atoms with Crippen molar-refractivity contribution in [3.63, 3.8) is 0 Å². The second-order valence-electron chi connectivity index (χ2n) is 9.78. The number of aliphatic hydroxyl groups is 1. The highest BCUT2D eigenvalue weighted by atomic mass is 31.2. The minimum Gasteiger partial charge on any atom is -0.756 e. The van der Waals surface area contributed by atoms with Crippen molar-refractivity contribution in [2.24, 2.45) is 0 Å². The van der Waals surface area contributed by atoms with Gasteiger partial charge in [0.05, 0.1) is 34.4 Å². The van der Waals surface area contributed by atoms with Gasteiger partial charge in [0, 0.05) is 12.0 Å². The van der Waals surface area contributed by atoms with Gasteiger partial charge in [0.25, 0.3) is 7.82 Å². The third kappa shape index (κ3) is 22.9. The average molecular weight is 524 g/mol. The molecule has 0 radical (unpaired) electrons. The van der Waals surface area contributed by atoms with Crippen LogP contribution in [0.2, 0.25) is 0 Å². The van der Waals surface area contributed by atoms with E-state index in [2.05, 4.69) is 11.1 Å². The summed E-state index contributed by atoms with van der Waals surface area (Å²) < 4.78 is 31.6. The molecule has 0 saturated carbocycles. The summed E-state index contributed by atoms with van der Waals surface area (Å²) in [7, 11) is 1.19. The van der Waals surface area contributed by atoms with Gasteiger partial charge in [-0.2, -0.15) is 0 Å². The molecule has 0 aliphatic heterocycles. The van der Waals surface area contributed by atoms with Gasteiger partial charge in [0.1, 0.15) is 25.9 Å². The van der Waals surface area contributed by atoms with Gasteiger partial charge >= 0.3 is 11.9 Å². The van der Waals surface area contributed by atoms with Gasteiger partial charge in [-0.3, -0.25) is 9.36 Å². The van der Waals surface area contributed by atoms with Crippen LogP contribution in [0.25, 0.3) is 0 Å². The molecule has 0 aliphatic rings. The van der Waals surface area contributed by atoms with Gasteiger partial charge < -0.3 is 33.0 Å². The molecule has 0 aromatic carbocycles. The van der Waals surface area contributed by atoms with E-state index in [1.807, 2.05) is 21.1 Å². The van der Waals surface area contributed by atoms with Crippen LogP contribution in [0.3, 0.4) is 0 Å². The Kier molecular flexibility index (Phi) is 18.2. The Morgan fingerprint density at radius 3 is 1.97 bits per heavy atom. The number of nitrogens with zero attached hydrogens (tertiary/aromatic N) is 1. The molecule has 0 saturated heterocycles. The zero-order valence-corrected chi connectivity index (χ0v) is 22.9. The maximum atomic E-state index is 11.8. The molecular weight excluding hydrogens is 477 g/mol. The molecule has 1 N–H and O–H groups in total. The fourth-order valence-electron chi connectivity index (χ4n) is 2.85. The molecule has 11 heteroatoms. The van der Waals surface area contributed by atoms with Crippen molar-refractivity contribution in [3.8, 4) is 0 Å². The molecule has 10 nitrogen and oxygen atoms in total. The first-order valence-corrected chi connectivity index (χ1v) is 13.9. The van der Waals surface area contributed by atoms with E-state index < -0.39 is 26.5 Å². The number of likely N-dealkylation sites (N-methyl/N-ethyl adjacent to an activating group) is 1. The van der Waals surface area contributed by atoms with Gasteiger partial charge in [-0.05, 0) is 19.8 Å². The normalized spacial score (nSPS) is 14.2. The van der Waals surface area contributed by atoms with Gasteiger partial charge in [-0.15, -0.1) is 0 Å². The van der Waals surface area contributed by atoms with Crippen molar-refractivity contribution < 1.29 is 47.2 Å². The summed E-state index contributed by atoms with van der Waals surface area (Å²) in [5.74, 6) is -0.761. The first-order chi connectivity index (χ1) is 16.3. The molecule has 0 bridgehead atoms. The fourth-order valence-corrected chi connectivity index (χ4v) is 3.58. The average Bonchev–Trinajstić information content (AvgIpc) is 2.75. The smallest absolute Gasteiger partial charge is 0.333 e. The van der Waals surface area contributed by atoms with Crippen LogP contribution in [0.5, 0.6) is 0 Å². The van der Waals surface area contributed by atoms with Crippen molar-refractivity contribution in [1.29, 1.82) is 0 Å². The number of aliphatic hydroxyl groups excluding tert-OH is 1. The molecule has 0 amide bonds. The molecule has 0 rings (SSSR count). The van der Waals surface area contributed by atoms with Crippen molar-refractivity contribution >= 4 is 19.8 Å². The van der Waals surface area contributed by atoms with Crippen LogP contribution in [-0.2, 0) is 32.7 Å². The lowest BCUT2D eigenvalue weighted by molar-refractivity contribution is -0.870. The number of esters is 2. The van der Waals surface area contributed by atoms with Crippen LogP contribution in [0.15, 0.2) is 12.2 Å². The number of hydrogen-bond acceptors (Lipinski definition) is 9. The van der Waals surface area contributed by atoms with E-state index >= 15 is 0 Å². The molecule has 206 valence electrons. The van der Waals surface area contributed by atoms with Crippen LogP contribution in [0.4, 0.5) is 0 Å². The molecule has 0 aromatic heterocycles. The number of quaternary nitrogens is 1. The monoisotopic (exact) mass is 523 g/mol. The maximum Gasteiger partial charge on any atom is 0.333 e. The number of rotatable bonds is 22. The topological polar surface area (TPSA) is 131 Å². The van der Waals surface area contributed by atoms with Crippen LogP contribution >= 0.6 is 7.82 Å². The summed E-state index contributed by atoms with van der Waals surface area (Å²) in [5.41, 5.74) is 0.423. The van der Waals surface area contributed by atoms with Crippen LogP contribution in [0, 0.1) is 0 Å². The van der Waals surface area contributed by atoms with Crippen LogP contribution in [-0.4, -0.2) is 81.7 Å². The van der Waals surface area contributed by atoms with Gasteiger partial charge in [-0.1, -0.05) is 51.5 Å². The predicted molar refractivity (Wildman–Crippen MR) is 131 cm³/mol. The Labute approximate surface area is 210 Å². The SMILES string of the molecule is C=C(C)C(=O)OCCCCCCCCCCCC(=O)OC[C@@H](O)COP(=O)([O-])OCC[N+](C)(C)C. The summed E-state index contributed by atoms with van der Waals surface area (Å²) >= 11 is 0. The van der Waals surface area contributed by atoms with E-state index in [9.17, 15) is 24.2 Å². The third-order valence-corrected chi connectivity index (χ3v) is 5.94. The minimum absolute atomic E-state index is 0.0237. The van der Waals surface area contributed by atoms with Crippen molar-refractivity contribution in [1.82, 2.24) is 0 Å². The summed E-state index contributed by atoms with van der Waals surface area (Å²) in [5, 5.41) is 9.78. The first kappa shape index (κ1) is 33.7. The van der Waals surface area contributed by atoms with Gasteiger partial charge in [0.2, 0.25) is 0 Å². The van der Waals surface area contributed by atoms with Crippen LogP contribution in [0.1, 0.15) is 71.1 Å². The Balaban J connectivity index is 3.60. The number of carbonyl (C=O) groups is 2. The second kappa shape index (κ2) is 18.9. The van der Waals surface area contributed by atoms with E-state index in [0.29, 0.717) is 29.6 Å². The van der Waals surface area contributed by atoms with Gasteiger partial charge in [-0.25, -0.2) is 4.79 Å². The lowest BCUT2D eigenvalue weighted by Gasteiger charge is -2.27. The predicted octanol–water partition coefficient (Wildman–Crippen LogP) is 3.12. The number of ether oxygens (including phenoxy) is 2. The van der Waals surface area contributed by atoms with Crippen molar-refractivity contribution in [2.75, 3.05) is 54.1 Å². The number of phosphoric ester groups is 1. The summed E-state index contributed by atoms with van der Waals surface area (Å²) in [4.78, 5) is 34.7. The number of unbranched alkanes of at least 4 members (excludes halogenated alkanes) is 8. The molecule has 0 aromatic rings. The van der Waals surface area contributed by atoms with Crippen LogP contribution < -0.4 is 4.89 Å². The summed E-state index contributed by atoms with van der Waals surface area (Å²) in [6, 6.07) is 0. The van der Waals surface area contributed by atoms with E-state index in [0.717, 1.165) is 51.4 Å². The lowest BCUT2D eigenvalue weighted by Crippen LogP contribution is -2.37. The molecular formula is C24H46NO9P. The molecule has 0 fully saturated rings. The third-order valence-electron chi connectivity index (χ3n) is 4.98. The first-order valence-electron chi connectivity index (χ1n) is 12.4. The number of hydrogen-bond donors (Lipinski definition) is 1. The number of phosphoric acid groups is 1. The summed E-state index contributed by atoms with van der Waals surface area (Å²) in [6.07, 6.45) is 8.02. The zero-order chi connectivity index (χ0) is 26.7. The molecule has 0 aliphatic carbocycles. The van der Waals surface area contributed by atoms with Gasteiger partial charge in [0.15, 0.2) is 0 Å². The lowest BCUT2D eigenvalue weighted by atomic mass is 10.1. The summed E-state index contributed by atoms with van der Waals surface area (Å²) in [6.45, 7) is 5.21. The maximum absolute atomic E-state index is 11.8. The second-order valence-corrected chi connectivity index (χ2v) is 11.2. The molecule has 35 heavy (non-hydrogen) atoms. The highest BCUT2D eigenvalue weighted by molar-refractivity contribution is 7.45. The Hall–Kier alpha value is -1.29. The number of carbonyl (C=O) groups excluding carboxylic acids is 2. The Morgan fingerprint density at radius 1 is 0.886 bits per heavy atom. The van der Waals surface area contributed by atoms with E-state index in [-0.39, 0.29) is 25.6 Å². The molecule has 0 spiro atoms. The Bertz CT molecular complexity index is 664. The van der Waals surface area contributed by atoms with Crippen molar-refractivity contribution in [3.05, 3.63) is 12.2 Å². The van der Waals surface area contributed by atoms with Crippen molar-refractivity contribution in [2.45, 2.75) is 77.2 Å². The highest BCUT2D eigenvalue weighted by Gasteiger charge is 2.16. The van der Waals surface area contributed by atoms with E-state index in [4.69, 9.17) is 14.0 Å². The fraction of sp³-hybridized carbons (Fsp3) is 0.833. The minimum atomic E-state index is -4.51. The van der Waals surface area contributed by atoms with E-state index in [1.165, 1.54) is 0 Å². The standard InChI is InChI=1S/C24H46NO9P/c1-21(2)24(28)31-17-14-12-10-8-6-7-9-11-13-15-23(27)32-19-22(26)20-34-35(29,30)33-18-16-25(3,4)5/h22,26H,1,6-20H2,2-5H3/t22-/m1/s1. The highest BCUT2D eigenvalue weighted by Crippen LogP contribution is 2.38. The van der Waals surface area contributed by atoms with E-state index in [1.54, 1.807) is 6.92 Å². The zero-order valence-electron chi connectivity index (χ0n) is 22.0. The molecule has 1 unspecified atom stereocenters.